The summed E-state index contributed by atoms with van der Waals surface area (Å²) in [5.74, 6) is -1.13. The molecule has 25 heavy (non-hydrogen) atoms. The van der Waals surface area contributed by atoms with Crippen LogP contribution >= 0.6 is 11.6 Å². The number of rotatable bonds is 5. The highest BCUT2D eigenvalue weighted by molar-refractivity contribution is 6.30. The number of aromatic nitrogens is 1. The van der Waals surface area contributed by atoms with Crippen molar-refractivity contribution in [2.45, 2.75) is 12.8 Å². The van der Waals surface area contributed by atoms with Crippen molar-refractivity contribution in [3.05, 3.63) is 71.2 Å². The van der Waals surface area contributed by atoms with Gasteiger partial charge in [-0.2, -0.15) is 0 Å². The van der Waals surface area contributed by atoms with Gasteiger partial charge in [0.15, 0.2) is 11.7 Å². The Morgan fingerprint density at radius 3 is 2.64 bits per heavy atom. The van der Waals surface area contributed by atoms with Crippen LogP contribution in [0.1, 0.15) is 12.3 Å². The number of hydrogen-bond acceptors (Lipinski definition) is 3. The van der Waals surface area contributed by atoms with Gasteiger partial charge in [0.05, 0.1) is 11.8 Å². The first kappa shape index (κ1) is 17.1. The Hall–Kier alpha value is -2.73. The molecule has 128 valence electrons. The van der Waals surface area contributed by atoms with Crippen LogP contribution in [0.4, 0.5) is 14.5 Å². The smallest absolute Gasteiger partial charge is 0.224 e. The summed E-state index contributed by atoms with van der Waals surface area (Å²) in [6, 6.07) is 9.94. The number of benzene rings is 2. The summed E-state index contributed by atoms with van der Waals surface area (Å²) in [4.78, 5) is 15.9. The molecule has 0 radical (unpaired) electrons. The van der Waals surface area contributed by atoms with Gasteiger partial charge < -0.3 is 9.73 Å². The second-order valence-electron chi connectivity index (χ2n) is 5.30. The molecule has 0 saturated heterocycles. The van der Waals surface area contributed by atoms with Crippen molar-refractivity contribution in [2.24, 2.45) is 0 Å². The molecule has 1 aromatic heterocycles. The molecule has 0 aliphatic carbocycles. The van der Waals surface area contributed by atoms with E-state index in [4.69, 9.17) is 16.0 Å². The van der Waals surface area contributed by atoms with Gasteiger partial charge in [0.1, 0.15) is 11.6 Å². The maximum absolute atomic E-state index is 13.7. The molecule has 2 aromatic carbocycles. The molecule has 4 nitrogen and oxygen atoms in total. The number of oxazole rings is 1. The predicted octanol–water partition coefficient (Wildman–Crippen LogP) is 4.84. The first-order valence-corrected chi connectivity index (χ1v) is 7.84. The standard InChI is InChI=1S/C18H13ClF2N2O2/c19-11-1-4-13(5-2-11)23-17(24)7-8-18-22-10-16(25-18)14-6-3-12(20)9-15(14)21/h1-6,9-10H,7-8H2,(H,23,24). The van der Waals surface area contributed by atoms with Crippen molar-refractivity contribution in [3.8, 4) is 11.3 Å². The second kappa shape index (κ2) is 7.44. The Kier molecular flexibility index (Phi) is 5.09. The summed E-state index contributed by atoms with van der Waals surface area (Å²) in [7, 11) is 0. The van der Waals surface area contributed by atoms with E-state index in [9.17, 15) is 13.6 Å². The van der Waals surface area contributed by atoms with Gasteiger partial charge in [0.2, 0.25) is 5.91 Å². The summed E-state index contributed by atoms with van der Waals surface area (Å²) in [6.45, 7) is 0. The first-order chi connectivity index (χ1) is 12.0. The van der Waals surface area contributed by atoms with E-state index in [0.717, 1.165) is 12.1 Å². The molecule has 7 heteroatoms. The van der Waals surface area contributed by atoms with Gasteiger partial charge in [-0.3, -0.25) is 4.79 Å². The zero-order valence-electron chi connectivity index (χ0n) is 12.9. The highest BCUT2D eigenvalue weighted by Crippen LogP contribution is 2.24. The van der Waals surface area contributed by atoms with Crippen LogP contribution in [0.15, 0.2) is 53.1 Å². The highest BCUT2D eigenvalue weighted by Gasteiger charge is 2.13. The zero-order valence-corrected chi connectivity index (χ0v) is 13.7. The van der Waals surface area contributed by atoms with E-state index in [1.807, 2.05) is 0 Å². The quantitative estimate of drug-likeness (QED) is 0.706. The van der Waals surface area contributed by atoms with Crippen molar-refractivity contribution >= 4 is 23.2 Å². The summed E-state index contributed by atoms with van der Waals surface area (Å²) >= 11 is 5.78. The summed E-state index contributed by atoms with van der Waals surface area (Å²) < 4.78 is 32.1. The molecule has 0 aliphatic heterocycles. The van der Waals surface area contributed by atoms with Crippen LogP contribution < -0.4 is 5.32 Å². The molecule has 0 saturated carbocycles. The summed E-state index contributed by atoms with van der Waals surface area (Å²) in [5.41, 5.74) is 0.752. The lowest BCUT2D eigenvalue weighted by Crippen LogP contribution is -2.12. The van der Waals surface area contributed by atoms with Crippen LogP contribution in [0, 0.1) is 11.6 Å². The SMILES string of the molecule is O=C(CCc1ncc(-c2ccc(F)cc2F)o1)Nc1ccc(Cl)cc1. The maximum Gasteiger partial charge on any atom is 0.224 e. The fourth-order valence-corrected chi connectivity index (χ4v) is 2.34. The van der Waals surface area contributed by atoms with E-state index >= 15 is 0 Å². The minimum atomic E-state index is -0.733. The van der Waals surface area contributed by atoms with E-state index in [0.29, 0.717) is 16.6 Å². The number of amides is 1. The molecular formula is C18H13ClF2N2O2. The lowest BCUT2D eigenvalue weighted by atomic mass is 10.2. The van der Waals surface area contributed by atoms with Gasteiger partial charge in [-0.05, 0) is 36.4 Å². The van der Waals surface area contributed by atoms with E-state index < -0.39 is 11.6 Å². The molecule has 3 aromatic rings. The fourth-order valence-electron chi connectivity index (χ4n) is 2.22. The molecule has 0 fully saturated rings. The lowest BCUT2D eigenvalue weighted by molar-refractivity contribution is -0.116. The van der Waals surface area contributed by atoms with Crippen molar-refractivity contribution in [1.29, 1.82) is 0 Å². The Morgan fingerprint density at radius 1 is 1.16 bits per heavy atom. The number of nitrogens with one attached hydrogen (secondary N) is 1. The first-order valence-electron chi connectivity index (χ1n) is 7.47. The average molecular weight is 363 g/mol. The third-order valence-corrected chi connectivity index (χ3v) is 3.70. The van der Waals surface area contributed by atoms with Crippen LogP contribution in [0.2, 0.25) is 5.02 Å². The second-order valence-corrected chi connectivity index (χ2v) is 5.73. The van der Waals surface area contributed by atoms with Gasteiger partial charge in [-0.1, -0.05) is 11.6 Å². The Labute approximate surface area is 147 Å². The van der Waals surface area contributed by atoms with Gasteiger partial charge >= 0.3 is 0 Å². The van der Waals surface area contributed by atoms with Crippen molar-refractivity contribution in [1.82, 2.24) is 4.98 Å². The number of carbonyl (C=O) groups is 1. The minimum absolute atomic E-state index is 0.116. The largest absolute Gasteiger partial charge is 0.441 e. The topological polar surface area (TPSA) is 55.1 Å². The van der Waals surface area contributed by atoms with E-state index in [1.54, 1.807) is 24.3 Å². The van der Waals surface area contributed by atoms with Crippen LogP contribution in [-0.2, 0) is 11.2 Å². The van der Waals surface area contributed by atoms with Gasteiger partial charge in [-0.15, -0.1) is 0 Å². The zero-order chi connectivity index (χ0) is 17.8. The summed E-state index contributed by atoms with van der Waals surface area (Å²) in [6.07, 6.45) is 1.75. The third kappa shape index (κ3) is 4.42. The molecule has 0 aliphatic rings. The monoisotopic (exact) mass is 362 g/mol. The molecule has 3 rings (SSSR count). The molecule has 1 N–H and O–H groups in total. The maximum atomic E-state index is 13.7. The molecule has 0 spiro atoms. The molecule has 0 unspecified atom stereocenters. The minimum Gasteiger partial charge on any atom is -0.441 e. The number of aryl methyl sites for hydroxylation is 1. The van der Waals surface area contributed by atoms with Crippen LogP contribution in [0.5, 0.6) is 0 Å². The van der Waals surface area contributed by atoms with Gasteiger partial charge in [-0.25, -0.2) is 13.8 Å². The van der Waals surface area contributed by atoms with Crippen LogP contribution in [-0.4, -0.2) is 10.9 Å². The van der Waals surface area contributed by atoms with E-state index in [2.05, 4.69) is 10.3 Å². The lowest BCUT2D eigenvalue weighted by Gasteiger charge is -2.04. The van der Waals surface area contributed by atoms with Gasteiger partial charge in [0, 0.05) is 29.6 Å². The molecule has 1 amide bonds. The van der Waals surface area contributed by atoms with Gasteiger partial charge in [0.25, 0.3) is 0 Å². The number of nitrogens with zero attached hydrogens (tertiary/aromatic N) is 1. The molecule has 0 atom stereocenters. The highest BCUT2D eigenvalue weighted by atomic mass is 35.5. The normalized spacial score (nSPS) is 10.7. The van der Waals surface area contributed by atoms with Crippen molar-refractivity contribution in [2.75, 3.05) is 5.32 Å². The van der Waals surface area contributed by atoms with Crippen molar-refractivity contribution in [3.63, 3.8) is 0 Å². The Morgan fingerprint density at radius 2 is 1.92 bits per heavy atom. The third-order valence-electron chi connectivity index (χ3n) is 3.44. The van der Waals surface area contributed by atoms with E-state index in [-0.39, 0.29) is 30.1 Å². The Balaban J connectivity index is 1.59. The van der Waals surface area contributed by atoms with Crippen LogP contribution in [0.3, 0.4) is 0 Å². The predicted molar refractivity (Wildman–Crippen MR) is 90.3 cm³/mol. The molecular weight excluding hydrogens is 350 g/mol. The average Bonchev–Trinajstić information content (AvgIpc) is 3.04. The number of hydrogen-bond donors (Lipinski definition) is 1. The number of anilines is 1. The number of halogens is 3. The molecule has 1 heterocycles. The Bertz CT molecular complexity index is 894. The van der Waals surface area contributed by atoms with Crippen molar-refractivity contribution < 1.29 is 18.0 Å². The van der Waals surface area contributed by atoms with E-state index in [1.165, 1.54) is 12.3 Å². The van der Waals surface area contributed by atoms with Crippen LogP contribution in [0.25, 0.3) is 11.3 Å². The summed E-state index contributed by atoms with van der Waals surface area (Å²) in [5, 5.41) is 3.31. The number of carbonyl (C=O) groups excluding carboxylic acids is 1. The fraction of sp³-hybridized carbons (Fsp3) is 0.111. The molecule has 0 bridgehead atoms.